The molecule has 7 heteroatoms. The van der Waals surface area contributed by atoms with E-state index in [2.05, 4.69) is 0 Å². The number of benzene rings is 2. The highest BCUT2D eigenvalue weighted by Crippen LogP contribution is 2.35. The predicted octanol–water partition coefficient (Wildman–Crippen LogP) is 3.86. The fourth-order valence-electron chi connectivity index (χ4n) is 2.05. The summed E-state index contributed by atoms with van der Waals surface area (Å²) in [6.07, 6.45) is 0. The van der Waals surface area contributed by atoms with Crippen LogP contribution in [0.1, 0.15) is 15.9 Å². The Morgan fingerprint density at radius 3 is 2.21 bits per heavy atom. The van der Waals surface area contributed by atoms with Crippen LogP contribution in [0.5, 0.6) is 17.2 Å². The van der Waals surface area contributed by atoms with Crippen LogP contribution in [0, 0.1) is 5.82 Å². The van der Waals surface area contributed by atoms with E-state index in [0.29, 0.717) is 17.1 Å². The first kappa shape index (κ1) is 17.9. The molecule has 0 fully saturated rings. The summed E-state index contributed by atoms with van der Waals surface area (Å²) in [5.74, 6) is -0.0229. The van der Waals surface area contributed by atoms with Gasteiger partial charge in [-0.05, 0) is 12.1 Å². The van der Waals surface area contributed by atoms with Crippen LogP contribution in [0.3, 0.4) is 0 Å². The van der Waals surface area contributed by atoms with Gasteiger partial charge < -0.3 is 18.9 Å². The van der Waals surface area contributed by atoms with E-state index in [0.717, 1.165) is 6.07 Å². The molecule has 24 heavy (non-hydrogen) atoms. The van der Waals surface area contributed by atoms with Gasteiger partial charge in [-0.1, -0.05) is 17.7 Å². The Labute approximate surface area is 143 Å². The van der Waals surface area contributed by atoms with Crippen molar-refractivity contribution in [2.24, 2.45) is 0 Å². The monoisotopic (exact) mass is 354 g/mol. The summed E-state index contributed by atoms with van der Waals surface area (Å²) in [4.78, 5) is 12.3. The fraction of sp³-hybridized carbons (Fsp3) is 0.235. The van der Waals surface area contributed by atoms with E-state index in [4.69, 9.17) is 30.5 Å². The Balaban J connectivity index is 2.22. The molecule has 0 amide bonds. The molecule has 2 aromatic carbocycles. The quantitative estimate of drug-likeness (QED) is 0.737. The lowest BCUT2D eigenvalue weighted by molar-refractivity contribution is 0.0468. The first-order valence-electron chi connectivity index (χ1n) is 6.91. The van der Waals surface area contributed by atoms with Crippen LogP contribution in [0.25, 0.3) is 0 Å². The molecule has 0 unspecified atom stereocenters. The van der Waals surface area contributed by atoms with E-state index in [1.807, 2.05) is 0 Å². The molecule has 0 atom stereocenters. The Morgan fingerprint density at radius 2 is 1.62 bits per heavy atom. The summed E-state index contributed by atoms with van der Waals surface area (Å²) in [6.45, 7) is -0.102. The van der Waals surface area contributed by atoms with Crippen LogP contribution in [0.4, 0.5) is 4.39 Å². The standard InChI is InChI=1S/C17H16ClFO5/c1-21-14-8-16(23-3)15(22-2)7-12(14)17(20)24-9-10-4-5-11(19)6-13(10)18/h4-8H,9H2,1-3H3. The number of carbonyl (C=O) groups excluding carboxylic acids is 1. The number of carbonyl (C=O) groups is 1. The Morgan fingerprint density at radius 1 is 1.00 bits per heavy atom. The molecule has 0 radical (unpaired) electrons. The summed E-state index contributed by atoms with van der Waals surface area (Å²) in [5.41, 5.74) is 0.666. The number of methoxy groups -OCH3 is 3. The summed E-state index contributed by atoms with van der Waals surface area (Å²) in [5, 5.41) is 0.182. The van der Waals surface area contributed by atoms with E-state index in [1.54, 1.807) is 0 Å². The molecule has 0 saturated carbocycles. The largest absolute Gasteiger partial charge is 0.496 e. The minimum Gasteiger partial charge on any atom is -0.496 e. The third-order valence-corrected chi connectivity index (χ3v) is 3.65. The van der Waals surface area contributed by atoms with Crippen molar-refractivity contribution in [1.82, 2.24) is 0 Å². The lowest BCUT2D eigenvalue weighted by Crippen LogP contribution is -2.08. The highest BCUT2D eigenvalue weighted by molar-refractivity contribution is 6.31. The predicted molar refractivity (Wildman–Crippen MR) is 86.6 cm³/mol. The second-order valence-electron chi connectivity index (χ2n) is 4.72. The van der Waals surface area contributed by atoms with Gasteiger partial charge in [0.2, 0.25) is 0 Å². The van der Waals surface area contributed by atoms with Gasteiger partial charge >= 0.3 is 5.97 Å². The van der Waals surface area contributed by atoms with Crippen LogP contribution in [0.2, 0.25) is 5.02 Å². The highest BCUT2D eigenvalue weighted by Gasteiger charge is 2.19. The van der Waals surface area contributed by atoms with Gasteiger partial charge in [0.05, 0.1) is 26.4 Å². The minimum absolute atomic E-state index is 0.102. The molecule has 2 rings (SSSR count). The van der Waals surface area contributed by atoms with Gasteiger partial charge in [0.25, 0.3) is 0 Å². The molecular formula is C17H16ClFO5. The van der Waals surface area contributed by atoms with E-state index < -0.39 is 11.8 Å². The van der Waals surface area contributed by atoms with Crippen LogP contribution in [-0.2, 0) is 11.3 Å². The van der Waals surface area contributed by atoms with Crippen LogP contribution in [0.15, 0.2) is 30.3 Å². The molecule has 5 nitrogen and oxygen atoms in total. The highest BCUT2D eigenvalue weighted by atomic mass is 35.5. The molecule has 0 aromatic heterocycles. The van der Waals surface area contributed by atoms with Crippen LogP contribution >= 0.6 is 11.6 Å². The SMILES string of the molecule is COc1cc(OC)c(C(=O)OCc2ccc(F)cc2Cl)cc1OC. The number of halogens is 2. The van der Waals surface area contributed by atoms with Crippen LogP contribution < -0.4 is 14.2 Å². The minimum atomic E-state index is -0.631. The van der Waals surface area contributed by atoms with E-state index in [-0.39, 0.29) is 22.9 Å². The third-order valence-electron chi connectivity index (χ3n) is 3.30. The summed E-state index contributed by atoms with van der Waals surface area (Å²) < 4.78 is 33.8. The van der Waals surface area contributed by atoms with Gasteiger partial charge in [0.15, 0.2) is 11.5 Å². The maximum absolute atomic E-state index is 13.0. The molecule has 0 aliphatic carbocycles. The third kappa shape index (κ3) is 3.89. The molecule has 0 bridgehead atoms. The number of ether oxygens (including phenoxy) is 4. The molecule has 0 N–H and O–H groups in total. The zero-order valence-corrected chi connectivity index (χ0v) is 14.1. The van der Waals surface area contributed by atoms with Crippen molar-refractivity contribution in [3.8, 4) is 17.2 Å². The summed E-state index contributed by atoms with van der Waals surface area (Å²) >= 11 is 5.91. The topological polar surface area (TPSA) is 54.0 Å². The van der Waals surface area contributed by atoms with Gasteiger partial charge in [-0.15, -0.1) is 0 Å². The molecule has 0 spiro atoms. The second-order valence-corrected chi connectivity index (χ2v) is 5.13. The summed E-state index contributed by atoms with van der Waals surface area (Å²) in [7, 11) is 4.36. The Bertz CT molecular complexity index is 748. The lowest BCUT2D eigenvalue weighted by atomic mass is 10.1. The molecule has 0 aliphatic heterocycles. The number of rotatable bonds is 6. The average molecular weight is 355 g/mol. The van der Waals surface area contributed by atoms with Crippen LogP contribution in [-0.4, -0.2) is 27.3 Å². The number of hydrogen-bond donors (Lipinski definition) is 0. The van der Waals surface area contributed by atoms with Crippen molar-refractivity contribution >= 4 is 17.6 Å². The molecule has 0 saturated heterocycles. The van der Waals surface area contributed by atoms with E-state index in [1.165, 1.54) is 45.6 Å². The van der Waals surface area contributed by atoms with Gasteiger partial charge in [0, 0.05) is 17.7 Å². The fourth-order valence-corrected chi connectivity index (χ4v) is 2.27. The Hall–Kier alpha value is -2.47. The van der Waals surface area contributed by atoms with Crippen molar-refractivity contribution in [3.05, 3.63) is 52.3 Å². The van der Waals surface area contributed by atoms with Crippen molar-refractivity contribution in [3.63, 3.8) is 0 Å². The van der Waals surface area contributed by atoms with E-state index >= 15 is 0 Å². The number of hydrogen-bond acceptors (Lipinski definition) is 5. The van der Waals surface area contributed by atoms with E-state index in [9.17, 15) is 9.18 Å². The molecular weight excluding hydrogens is 339 g/mol. The molecule has 0 aliphatic rings. The Kier molecular flexibility index (Phi) is 5.87. The smallest absolute Gasteiger partial charge is 0.342 e. The molecule has 0 heterocycles. The van der Waals surface area contributed by atoms with Gasteiger partial charge in [-0.3, -0.25) is 0 Å². The molecule has 128 valence electrons. The normalized spacial score (nSPS) is 10.2. The zero-order chi connectivity index (χ0) is 17.7. The average Bonchev–Trinajstić information content (AvgIpc) is 2.59. The maximum atomic E-state index is 13.0. The van der Waals surface area contributed by atoms with Gasteiger partial charge in [0.1, 0.15) is 23.7 Å². The first-order chi connectivity index (χ1) is 11.5. The van der Waals surface area contributed by atoms with Crippen molar-refractivity contribution in [2.75, 3.05) is 21.3 Å². The second kappa shape index (κ2) is 7.88. The first-order valence-corrected chi connectivity index (χ1v) is 7.29. The van der Waals surface area contributed by atoms with Gasteiger partial charge in [-0.25, -0.2) is 9.18 Å². The summed E-state index contributed by atoms with van der Waals surface area (Å²) in [6, 6.07) is 6.84. The maximum Gasteiger partial charge on any atom is 0.342 e. The van der Waals surface area contributed by atoms with Gasteiger partial charge in [-0.2, -0.15) is 0 Å². The number of esters is 1. The van der Waals surface area contributed by atoms with Crippen molar-refractivity contribution < 1.29 is 28.1 Å². The van der Waals surface area contributed by atoms with Crippen molar-refractivity contribution in [1.29, 1.82) is 0 Å². The lowest BCUT2D eigenvalue weighted by Gasteiger charge is -2.14. The van der Waals surface area contributed by atoms with Crippen molar-refractivity contribution in [2.45, 2.75) is 6.61 Å². The molecule has 2 aromatic rings. The zero-order valence-electron chi connectivity index (χ0n) is 13.4.